The van der Waals surface area contributed by atoms with E-state index in [-0.39, 0.29) is 6.10 Å². The van der Waals surface area contributed by atoms with Gasteiger partial charge in [0.1, 0.15) is 12.4 Å². The summed E-state index contributed by atoms with van der Waals surface area (Å²) >= 11 is 0. The number of nitrogens with one attached hydrogen (secondary N) is 1. The van der Waals surface area contributed by atoms with E-state index in [4.69, 9.17) is 9.47 Å². The first-order chi connectivity index (χ1) is 11.8. The zero-order valence-corrected chi connectivity index (χ0v) is 14.5. The predicted molar refractivity (Wildman–Crippen MR) is 97.5 cm³/mol. The Bertz CT molecular complexity index is 635. The lowest BCUT2D eigenvalue weighted by Crippen LogP contribution is -2.19. The summed E-state index contributed by atoms with van der Waals surface area (Å²) in [6, 6.07) is 16.8. The molecule has 1 unspecified atom stereocenters. The first-order valence-corrected chi connectivity index (χ1v) is 8.90. The van der Waals surface area contributed by atoms with Crippen molar-refractivity contribution in [1.29, 1.82) is 0 Å². The van der Waals surface area contributed by atoms with Crippen LogP contribution in [0.15, 0.2) is 48.5 Å². The third-order valence-corrected chi connectivity index (χ3v) is 4.57. The number of aryl methyl sites for hydroxylation is 1. The third kappa shape index (κ3) is 4.83. The van der Waals surface area contributed by atoms with Crippen molar-refractivity contribution >= 4 is 0 Å². The van der Waals surface area contributed by atoms with Gasteiger partial charge in [-0.2, -0.15) is 0 Å². The Balaban J connectivity index is 1.47. The molecule has 0 aliphatic carbocycles. The molecule has 0 bridgehead atoms. The number of benzene rings is 2. The van der Waals surface area contributed by atoms with Gasteiger partial charge in [0.15, 0.2) is 0 Å². The van der Waals surface area contributed by atoms with Crippen LogP contribution in [-0.4, -0.2) is 25.9 Å². The summed E-state index contributed by atoms with van der Waals surface area (Å²) in [5, 5.41) is 3.53. The molecule has 0 radical (unpaired) electrons. The van der Waals surface area contributed by atoms with Gasteiger partial charge in [0.25, 0.3) is 0 Å². The Labute approximate surface area is 145 Å². The van der Waals surface area contributed by atoms with E-state index in [1.54, 1.807) is 0 Å². The van der Waals surface area contributed by atoms with Gasteiger partial charge in [0.05, 0.1) is 6.10 Å². The first-order valence-electron chi connectivity index (χ1n) is 8.90. The number of rotatable bonds is 8. The van der Waals surface area contributed by atoms with Crippen molar-refractivity contribution in [2.24, 2.45) is 0 Å². The van der Waals surface area contributed by atoms with E-state index in [0.29, 0.717) is 6.61 Å². The lowest BCUT2D eigenvalue weighted by molar-refractivity contribution is 0.0676. The topological polar surface area (TPSA) is 30.5 Å². The average Bonchev–Trinajstić information content (AvgIpc) is 3.13. The van der Waals surface area contributed by atoms with E-state index < -0.39 is 0 Å². The molecule has 24 heavy (non-hydrogen) atoms. The fourth-order valence-corrected chi connectivity index (χ4v) is 3.09. The molecule has 1 N–H and O–H groups in total. The number of hydrogen-bond donors (Lipinski definition) is 1. The van der Waals surface area contributed by atoms with E-state index in [2.05, 4.69) is 48.6 Å². The number of ether oxygens (including phenoxy) is 2. The molecule has 3 nitrogen and oxygen atoms in total. The Morgan fingerprint density at radius 3 is 2.67 bits per heavy atom. The highest BCUT2D eigenvalue weighted by Crippen LogP contribution is 2.20. The van der Waals surface area contributed by atoms with E-state index in [1.807, 2.05) is 12.1 Å². The largest absolute Gasteiger partial charge is 0.491 e. The van der Waals surface area contributed by atoms with Crippen LogP contribution in [-0.2, 0) is 17.7 Å². The fourth-order valence-electron chi connectivity index (χ4n) is 3.09. The molecule has 1 atom stereocenters. The minimum absolute atomic E-state index is 0.257. The molecule has 0 saturated carbocycles. The molecule has 2 aromatic carbocycles. The maximum absolute atomic E-state index is 5.99. The van der Waals surface area contributed by atoms with E-state index in [0.717, 1.165) is 44.7 Å². The minimum atomic E-state index is 0.257. The molecule has 3 rings (SSSR count). The van der Waals surface area contributed by atoms with Gasteiger partial charge in [-0.05, 0) is 49.9 Å². The molecular weight excluding hydrogens is 298 g/mol. The van der Waals surface area contributed by atoms with Crippen LogP contribution in [0.2, 0.25) is 0 Å². The molecule has 1 saturated heterocycles. The second-order valence-corrected chi connectivity index (χ2v) is 6.41. The Kier molecular flexibility index (Phi) is 6.27. The van der Waals surface area contributed by atoms with Gasteiger partial charge >= 0.3 is 0 Å². The molecule has 1 aliphatic heterocycles. The second-order valence-electron chi connectivity index (χ2n) is 6.41. The molecule has 1 aliphatic rings. The summed E-state index contributed by atoms with van der Waals surface area (Å²) in [6.45, 7) is 5.48. The smallest absolute Gasteiger partial charge is 0.123 e. The minimum Gasteiger partial charge on any atom is -0.491 e. The van der Waals surface area contributed by atoms with Crippen LogP contribution in [0.1, 0.15) is 29.5 Å². The molecule has 3 heteroatoms. The van der Waals surface area contributed by atoms with Crippen LogP contribution in [0.25, 0.3) is 0 Å². The Morgan fingerprint density at radius 2 is 1.88 bits per heavy atom. The average molecular weight is 325 g/mol. The fraction of sp³-hybridized carbons (Fsp3) is 0.429. The van der Waals surface area contributed by atoms with E-state index in [9.17, 15) is 0 Å². The zero-order valence-electron chi connectivity index (χ0n) is 14.5. The molecule has 1 heterocycles. The SMILES string of the molecule is Cc1ccccc1CCNCc1ccccc1OCC1CCCO1. The summed E-state index contributed by atoms with van der Waals surface area (Å²) < 4.78 is 11.6. The van der Waals surface area contributed by atoms with Gasteiger partial charge in [-0.25, -0.2) is 0 Å². The zero-order chi connectivity index (χ0) is 16.6. The second kappa shape index (κ2) is 8.86. The summed E-state index contributed by atoms with van der Waals surface area (Å²) in [5.74, 6) is 0.969. The van der Waals surface area contributed by atoms with E-state index >= 15 is 0 Å². The lowest BCUT2D eigenvalue weighted by atomic mass is 10.1. The van der Waals surface area contributed by atoms with Crippen molar-refractivity contribution in [3.8, 4) is 5.75 Å². The van der Waals surface area contributed by atoms with E-state index in [1.165, 1.54) is 16.7 Å². The maximum atomic E-state index is 5.99. The van der Waals surface area contributed by atoms with Crippen molar-refractivity contribution in [2.45, 2.75) is 38.8 Å². The number of hydrogen-bond acceptors (Lipinski definition) is 3. The molecule has 0 amide bonds. The molecule has 2 aromatic rings. The summed E-state index contributed by atoms with van der Waals surface area (Å²) in [6.07, 6.45) is 3.56. The normalized spacial score (nSPS) is 17.1. The quantitative estimate of drug-likeness (QED) is 0.747. The van der Waals surface area contributed by atoms with Gasteiger partial charge < -0.3 is 14.8 Å². The standard InChI is InChI=1S/C21H27NO2/c1-17-7-2-3-8-18(17)12-13-22-15-19-9-4-5-11-21(19)24-16-20-10-6-14-23-20/h2-5,7-9,11,20,22H,6,10,12-16H2,1H3. The van der Waals surface area contributed by atoms with Crippen LogP contribution >= 0.6 is 0 Å². The highest BCUT2D eigenvalue weighted by molar-refractivity contribution is 5.33. The van der Waals surface area contributed by atoms with Crippen LogP contribution in [0.3, 0.4) is 0 Å². The highest BCUT2D eigenvalue weighted by atomic mass is 16.5. The van der Waals surface area contributed by atoms with Crippen LogP contribution in [0.5, 0.6) is 5.75 Å². The van der Waals surface area contributed by atoms with Crippen molar-refractivity contribution in [3.05, 3.63) is 65.2 Å². The van der Waals surface area contributed by atoms with Gasteiger partial charge in [0.2, 0.25) is 0 Å². The monoisotopic (exact) mass is 325 g/mol. The summed E-state index contributed by atoms with van der Waals surface area (Å²) in [5.41, 5.74) is 3.98. The van der Waals surface area contributed by atoms with Crippen LogP contribution in [0, 0.1) is 6.92 Å². The van der Waals surface area contributed by atoms with Crippen LogP contribution < -0.4 is 10.1 Å². The first kappa shape index (κ1) is 17.0. The third-order valence-electron chi connectivity index (χ3n) is 4.57. The van der Waals surface area contributed by atoms with Crippen LogP contribution in [0.4, 0.5) is 0 Å². The van der Waals surface area contributed by atoms with Crippen molar-refractivity contribution in [3.63, 3.8) is 0 Å². The van der Waals surface area contributed by atoms with Crippen molar-refractivity contribution < 1.29 is 9.47 Å². The summed E-state index contributed by atoms with van der Waals surface area (Å²) in [7, 11) is 0. The number of para-hydroxylation sites is 1. The summed E-state index contributed by atoms with van der Waals surface area (Å²) in [4.78, 5) is 0. The molecule has 1 fully saturated rings. The van der Waals surface area contributed by atoms with Gasteiger partial charge in [-0.15, -0.1) is 0 Å². The highest BCUT2D eigenvalue weighted by Gasteiger charge is 2.16. The lowest BCUT2D eigenvalue weighted by Gasteiger charge is -2.15. The molecule has 0 spiro atoms. The van der Waals surface area contributed by atoms with Gasteiger partial charge in [-0.3, -0.25) is 0 Å². The van der Waals surface area contributed by atoms with Gasteiger partial charge in [0, 0.05) is 18.7 Å². The Hall–Kier alpha value is -1.84. The van der Waals surface area contributed by atoms with Gasteiger partial charge in [-0.1, -0.05) is 42.5 Å². The molecular formula is C21H27NO2. The van der Waals surface area contributed by atoms with Crippen molar-refractivity contribution in [1.82, 2.24) is 5.32 Å². The predicted octanol–water partition coefficient (Wildman–Crippen LogP) is 3.89. The molecule has 0 aromatic heterocycles. The Morgan fingerprint density at radius 1 is 1.08 bits per heavy atom. The molecule has 128 valence electrons. The maximum Gasteiger partial charge on any atom is 0.123 e. The van der Waals surface area contributed by atoms with Crippen molar-refractivity contribution in [2.75, 3.05) is 19.8 Å².